The van der Waals surface area contributed by atoms with Gasteiger partial charge >= 0.3 is 6.18 Å². The molecule has 40 heavy (non-hydrogen) atoms. The van der Waals surface area contributed by atoms with Gasteiger partial charge in [0.25, 0.3) is 0 Å². The third kappa shape index (κ3) is 5.87. The molecule has 2 saturated heterocycles. The number of pyridine rings is 1. The monoisotopic (exact) mass is 552 g/mol. The first kappa shape index (κ1) is 26.5. The van der Waals surface area contributed by atoms with Crippen LogP contribution in [0, 0.1) is 0 Å². The molecule has 0 unspecified atom stereocenters. The van der Waals surface area contributed by atoms with Gasteiger partial charge in [-0.25, -0.2) is 4.98 Å². The van der Waals surface area contributed by atoms with Gasteiger partial charge in [0, 0.05) is 51.2 Å². The number of alkyl halides is 3. The number of hydrogen-bond donors (Lipinski definition) is 1. The Balaban J connectivity index is 1.26. The van der Waals surface area contributed by atoms with Gasteiger partial charge in [0.15, 0.2) is 17.0 Å². The Morgan fingerprint density at radius 2 is 1.73 bits per heavy atom. The lowest BCUT2D eigenvalue weighted by molar-refractivity contribution is -0.137. The number of morpholine rings is 1. The van der Waals surface area contributed by atoms with Crippen LogP contribution in [0.25, 0.3) is 11.2 Å². The molecule has 0 amide bonds. The van der Waals surface area contributed by atoms with E-state index in [1.54, 1.807) is 18.7 Å². The van der Waals surface area contributed by atoms with Crippen LogP contribution in [0.1, 0.15) is 29.5 Å². The van der Waals surface area contributed by atoms with Crippen LogP contribution in [0.4, 0.5) is 24.9 Å². The zero-order valence-corrected chi connectivity index (χ0v) is 22.0. The van der Waals surface area contributed by atoms with Crippen LogP contribution in [0.5, 0.6) is 0 Å². The van der Waals surface area contributed by atoms with Gasteiger partial charge < -0.3 is 19.5 Å². The van der Waals surface area contributed by atoms with Crippen LogP contribution in [-0.4, -0.2) is 74.8 Å². The predicted molar refractivity (Wildman–Crippen MR) is 145 cm³/mol. The number of piperidine rings is 1. The number of rotatable bonds is 7. The second-order valence-electron chi connectivity index (χ2n) is 10.2. The molecule has 210 valence electrons. The first-order valence-corrected chi connectivity index (χ1v) is 13.5. The summed E-state index contributed by atoms with van der Waals surface area (Å²) in [6, 6.07) is 9.60. The third-order valence-corrected chi connectivity index (χ3v) is 7.58. The highest BCUT2D eigenvalue weighted by atomic mass is 19.4. The lowest BCUT2D eigenvalue weighted by Gasteiger charge is -2.40. The lowest BCUT2D eigenvalue weighted by Crippen LogP contribution is -2.49. The minimum atomic E-state index is -4.37. The van der Waals surface area contributed by atoms with Gasteiger partial charge in [0.05, 0.1) is 31.6 Å². The predicted octanol–water partition coefficient (Wildman–Crippen LogP) is 4.20. The summed E-state index contributed by atoms with van der Waals surface area (Å²) in [5.74, 6) is 1.24. The molecule has 6 rings (SSSR count). The SMILES string of the molecule is FC(F)(F)c1ccc(Cn2cnc3c(NCc4cccnc4)nc(N4CCC(N5CCOCC5)CC4)nc32)cc1. The fourth-order valence-corrected chi connectivity index (χ4v) is 5.37. The number of benzene rings is 1. The Morgan fingerprint density at radius 1 is 0.950 bits per heavy atom. The van der Waals surface area contributed by atoms with Crippen LogP contribution in [-0.2, 0) is 24.0 Å². The molecule has 0 aliphatic carbocycles. The Bertz CT molecular complexity index is 1410. The van der Waals surface area contributed by atoms with E-state index in [1.165, 1.54) is 12.1 Å². The number of imidazole rings is 1. The average molecular weight is 553 g/mol. The number of anilines is 2. The molecule has 0 saturated carbocycles. The smallest absolute Gasteiger partial charge is 0.379 e. The summed E-state index contributed by atoms with van der Waals surface area (Å²) in [5, 5.41) is 3.40. The molecular weight excluding hydrogens is 521 g/mol. The Morgan fingerprint density at radius 3 is 2.42 bits per heavy atom. The zero-order chi connectivity index (χ0) is 27.5. The molecule has 2 aliphatic rings. The minimum absolute atomic E-state index is 0.340. The Hall–Kier alpha value is -3.77. The van der Waals surface area contributed by atoms with Gasteiger partial charge in [0.2, 0.25) is 5.95 Å². The molecule has 0 radical (unpaired) electrons. The first-order valence-electron chi connectivity index (χ1n) is 13.5. The van der Waals surface area contributed by atoms with Crippen LogP contribution in [0.15, 0.2) is 55.1 Å². The summed E-state index contributed by atoms with van der Waals surface area (Å²) in [5.41, 5.74) is 2.31. The van der Waals surface area contributed by atoms with Crippen LogP contribution in [0.3, 0.4) is 0 Å². The second-order valence-corrected chi connectivity index (χ2v) is 10.2. The van der Waals surface area contributed by atoms with Crippen molar-refractivity contribution in [2.45, 2.75) is 38.1 Å². The van der Waals surface area contributed by atoms with E-state index in [0.717, 1.165) is 75.5 Å². The summed E-state index contributed by atoms with van der Waals surface area (Å²) in [4.78, 5) is 23.3. The molecule has 5 heterocycles. The molecule has 2 fully saturated rings. The summed E-state index contributed by atoms with van der Waals surface area (Å²) < 4.78 is 46.5. The van der Waals surface area contributed by atoms with E-state index in [9.17, 15) is 13.2 Å². The quantitative estimate of drug-likeness (QED) is 0.365. The van der Waals surface area contributed by atoms with E-state index < -0.39 is 11.7 Å². The summed E-state index contributed by atoms with van der Waals surface area (Å²) in [6.45, 7) is 6.04. The number of nitrogens with zero attached hydrogens (tertiary/aromatic N) is 7. The van der Waals surface area contributed by atoms with Gasteiger partial charge in [-0.05, 0) is 42.2 Å². The largest absolute Gasteiger partial charge is 0.416 e. The van der Waals surface area contributed by atoms with Gasteiger partial charge in [-0.3, -0.25) is 9.88 Å². The maximum atomic E-state index is 13.0. The van der Waals surface area contributed by atoms with E-state index >= 15 is 0 Å². The first-order chi connectivity index (χ1) is 19.4. The average Bonchev–Trinajstić information content (AvgIpc) is 3.39. The highest BCUT2D eigenvalue weighted by Crippen LogP contribution is 2.30. The maximum absolute atomic E-state index is 13.0. The maximum Gasteiger partial charge on any atom is 0.416 e. The highest BCUT2D eigenvalue weighted by Gasteiger charge is 2.30. The van der Waals surface area contributed by atoms with Crippen molar-refractivity contribution in [3.05, 3.63) is 71.8 Å². The van der Waals surface area contributed by atoms with Crippen LogP contribution < -0.4 is 10.2 Å². The van der Waals surface area contributed by atoms with Gasteiger partial charge in [-0.1, -0.05) is 18.2 Å². The third-order valence-electron chi connectivity index (χ3n) is 7.58. The van der Waals surface area contributed by atoms with E-state index in [4.69, 9.17) is 14.7 Å². The van der Waals surface area contributed by atoms with Crippen molar-refractivity contribution in [2.75, 3.05) is 49.6 Å². The molecule has 12 heteroatoms. The normalized spacial score (nSPS) is 17.4. The van der Waals surface area contributed by atoms with Gasteiger partial charge in [-0.15, -0.1) is 0 Å². The van der Waals surface area contributed by atoms with Crippen molar-refractivity contribution in [1.29, 1.82) is 0 Å². The second kappa shape index (κ2) is 11.4. The fourth-order valence-electron chi connectivity index (χ4n) is 5.37. The number of ether oxygens (including phenoxy) is 1. The molecule has 3 aromatic heterocycles. The molecule has 0 spiro atoms. The lowest BCUT2D eigenvalue weighted by atomic mass is 10.0. The highest BCUT2D eigenvalue weighted by molar-refractivity contribution is 5.84. The molecule has 0 bridgehead atoms. The minimum Gasteiger partial charge on any atom is -0.379 e. The van der Waals surface area contributed by atoms with Crippen LogP contribution >= 0.6 is 0 Å². The standard InChI is InChI=1S/C28H31F3N8O/c29-28(30,31)22-5-3-20(4-6-22)18-39-19-34-24-25(33-17-21-2-1-9-32-16-21)35-27(36-26(24)39)38-10-7-23(8-11-38)37-12-14-40-15-13-37/h1-6,9,16,19,23H,7-8,10-15,17-18H2,(H,33,35,36). The van der Waals surface area contributed by atoms with Crippen molar-refractivity contribution in [1.82, 2.24) is 29.4 Å². The van der Waals surface area contributed by atoms with Gasteiger partial charge in [-0.2, -0.15) is 23.1 Å². The number of hydrogen-bond acceptors (Lipinski definition) is 8. The molecule has 4 aromatic rings. The van der Waals surface area contributed by atoms with E-state index in [-0.39, 0.29) is 0 Å². The molecular formula is C28H31F3N8O. The number of aromatic nitrogens is 5. The van der Waals surface area contributed by atoms with E-state index in [1.807, 2.05) is 16.7 Å². The van der Waals surface area contributed by atoms with Gasteiger partial charge in [0.1, 0.15) is 0 Å². The summed E-state index contributed by atoms with van der Waals surface area (Å²) >= 11 is 0. The Labute approximate surface area is 230 Å². The summed E-state index contributed by atoms with van der Waals surface area (Å²) in [7, 11) is 0. The number of halogens is 3. The number of nitrogens with one attached hydrogen (secondary N) is 1. The topological polar surface area (TPSA) is 84.2 Å². The molecule has 1 N–H and O–H groups in total. The van der Waals surface area contributed by atoms with Crippen molar-refractivity contribution < 1.29 is 17.9 Å². The van der Waals surface area contributed by atoms with Crippen LogP contribution in [0.2, 0.25) is 0 Å². The molecule has 9 nitrogen and oxygen atoms in total. The Kier molecular flexibility index (Phi) is 7.53. The fraction of sp³-hybridized carbons (Fsp3) is 0.429. The summed E-state index contributed by atoms with van der Waals surface area (Å²) in [6.07, 6.45) is 2.86. The van der Waals surface area contributed by atoms with Crippen molar-refractivity contribution in [3.8, 4) is 0 Å². The molecule has 1 aromatic carbocycles. The van der Waals surface area contributed by atoms with Crippen molar-refractivity contribution in [3.63, 3.8) is 0 Å². The van der Waals surface area contributed by atoms with E-state index in [2.05, 4.69) is 25.1 Å². The van der Waals surface area contributed by atoms with E-state index in [0.29, 0.717) is 42.1 Å². The zero-order valence-electron chi connectivity index (χ0n) is 22.0. The molecule has 0 atom stereocenters. The number of fused-ring (bicyclic) bond motifs is 1. The molecule has 2 aliphatic heterocycles. The van der Waals surface area contributed by atoms with Crippen molar-refractivity contribution in [2.24, 2.45) is 0 Å². The van der Waals surface area contributed by atoms with Crippen molar-refractivity contribution >= 4 is 22.9 Å².